The lowest BCUT2D eigenvalue weighted by Gasteiger charge is -2.17. The third-order valence-corrected chi connectivity index (χ3v) is 6.19. The van der Waals surface area contributed by atoms with Crippen LogP contribution in [-0.2, 0) is 14.6 Å². The van der Waals surface area contributed by atoms with Gasteiger partial charge in [0.2, 0.25) is 0 Å². The summed E-state index contributed by atoms with van der Waals surface area (Å²) in [5.41, 5.74) is 0. The topological polar surface area (TPSA) is 104 Å². The molecule has 0 aliphatic carbocycles. The molecule has 1 aromatic rings. The molecule has 0 bridgehead atoms. The van der Waals surface area contributed by atoms with Gasteiger partial charge in [0.1, 0.15) is 9.99 Å². The highest BCUT2D eigenvalue weighted by Gasteiger charge is 2.32. The minimum atomic E-state index is -4.46. The summed E-state index contributed by atoms with van der Waals surface area (Å²) in [5.74, 6) is -1.38. The second-order valence-electron chi connectivity index (χ2n) is 3.07. The summed E-state index contributed by atoms with van der Waals surface area (Å²) in [5, 5.41) is 1.58. The lowest BCUT2D eigenvalue weighted by atomic mass is 10.5. The number of hydrogen-bond acceptors (Lipinski definition) is 4. The van der Waals surface area contributed by atoms with E-state index in [9.17, 15) is 13.0 Å². The standard InChI is InChI=1S/C7H12NO5PS2/c1-2-6(14(9,10)11)8-16(12,13)7-4-3-5-15-7/h3-6,8H,2H2,1H3,(H2,9,10,11). The highest BCUT2D eigenvalue weighted by atomic mass is 32.2. The van der Waals surface area contributed by atoms with E-state index in [0.29, 0.717) is 0 Å². The van der Waals surface area contributed by atoms with E-state index in [1.165, 1.54) is 13.0 Å². The highest BCUT2D eigenvalue weighted by Crippen LogP contribution is 2.41. The Morgan fingerprint density at radius 2 is 2.19 bits per heavy atom. The monoisotopic (exact) mass is 285 g/mol. The molecule has 0 amide bonds. The van der Waals surface area contributed by atoms with Gasteiger partial charge in [-0.3, -0.25) is 4.57 Å². The lowest BCUT2D eigenvalue weighted by molar-refractivity contribution is 0.352. The van der Waals surface area contributed by atoms with Crippen LogP contribution < -0.4 is 4.72 Å². The van der Waals surface area contributed by atoms with Gasteiger partial charge in [-0.2, -0.15) is 4.72 Å². The summed E-state index contributed by atoms with van der Waals surface area (Å²) in [6, 6.07) is 2.93. The van der Waals surface area contributed by atoms with E-state index in [1.54, 1.807) is 11.4 Å². The molecule has 1 heterocycles. The summed E-state index contributed by atoms with van der Waals surface area (Å²) in [7, 11) is -8.29. The highest BCUT2D eigenvalue weighted by molar-refractivity contribution is 7.91. The first-order valence-electron chi connectivity index (χ1n) is 4.38. The minimum absolute atomic E-state index is 0.0227. The zero-order chi connectivity index (χ0) is 12.4. The Morgan fingerprint density at radius 3 is 2.56 bits per heavy atom. The Labute approximate surface area is 97.5 Å². The molecule has 0 aliphatic rings. The first-order chi connectivity index (χ1) is 7.27. The fraction of sp³-hybridized carbons (Fsp3) is 0.429. The second kappa shape index (κ2) is 4.95. The molecule has 1 aromatic heterocycles. The smallest absolute Gasteiger partial charge is 0.323 e. The molecule has 0 fully saturated rings. The van der Waals surface area contributed by atoms with Gasteiger partial charge in [-0.05, 0) is 17.9 Å². The predicted molar refractivity (Wildman–Crippen MR) is 60.8 cm³/mol. The lowest BCUT2D eigenvalue weighted by Crippen LogP contribution is -2.33. The van der Waals surface area contributed by atoms with Crippen LogP contribution in [0.4, 0.5) is 0 Å². The molecule has 92 valence electrons. The Hall–Kier alpha value is -0.240. The van der Waals surface area contributed by atoms with Crippen molar-refractivity contribution in [1.29, 1.82) is 0 Å². The summed E-state index contributed by atoms with van der Waals surface area (Å²) in [6.07, 6.45) is 0.0227. The van der Waals surface area contributed by atoms with Gasteiger partial charge in [0.15, 0.2) is 0 Å². The van der Waals surface area contributed by atoms with Crippen LogP contribution in [0.5, 0.6) is 0 Å². The number of sulfonamides is 1. The van der Waals surface area contributed by atoms with Gasteiger partial charge in [0, 0.05) is 0 Å². The van der Waals surface area contributed by atoms with E-state index >= 15 is 0 Å². The maximum absolute atomic E-state index is 11.7. The molecule has 6 nitrogen and oxygen atoms in total. The molecular weight excluding hydrogens is 273 g/mol. The van der Waals surface area contributed by atoms with Crippen LogP contribution in [0.15, 0.2) is 21.7 Å². The van der Waals surface area contributed by atoms with Crippen molar-refractivity contribution in [2.45, 2.75) is 23.3 Å². The first-order valence-corrected chi connectivity index (χ1v) is 8.43. The maximum Gasteiger partial charge on any atom is 0.343 e. The zero-order valence-electron chi connectivity index (χ0n) is 8.40. The average Bonchev–Trinajstić information content (AvgIpc) is 2.65. The molecule has 0 aromatic carbocycles. The van der Waals surface area contributed by atoms with E-state index < -0.39 is 23.4 Å². The predicted octanol–water partition coefficient (Wildman–Crippen LogP) is 0.940. The van der Waals surface area contributed by atoms with Gasteiger partial charge in [-0.1, -0.05) is 13.0 Å². The van der Waals surface area contributed by atoms with Crippen molar-refractivity contribution in [3.63, 3.8) is 0 Å². The normalized spacial score (nSPS) is 14.9. The van der Waals surface area contributed by atoms with Crippen molar-refractivity contribution in [3.05, 3.63) is 17.5 Å². The van der Waals surface area contributed by atoms with Crippen molar-refractivity contribution in [1.82, 2.24) is 4.72 Å². The van der Waals surface area contributed by atoms with Crippen molar-refractivity contribution in [2.75, 3.05) is 0 Å². The van der Waals surface area contributed by atoms with Crippen LogP contribution in [0.25, 0.3) is 0 Å². The fourth-order valence-electron chi connectivity index (χ4n) is 1.04. The maximum atomic E-state index is 11.7. The second-order valence-corrected chi connectivity index (χ2v) is 7.76. The molecule has 3 N–H and O–H groups in total. The van der Waals surface area contributed by atoms with Crippen molar-refractivity contribution < 1.29 is 22.8 Å². The largest absolute Gasteiger partial charge is 0.343 e. The van der Waals surface area contributed by atoms with Crippen LogP contribution in [0.3, 0.4) is 0 Å². The first kappa shape index (κ1) is 13.8. The number of rotatable bonds is 5. The molecule has 9 heteroatoms. The van der Waals surface area contributed by atoms with Gasteiger partial charge in [-0.15, -0.1) is 11.3 Å². The molecule has 0 radical (unpaired) electrons. The van der Waals surface area contributed by atoms with E-state index in [-0.39, 0.29) is 10.6 Å². The molecule has 1 rings (SSSR count). The van der Waals surface area contributed by atoms with Crippen molar-refractivity contribution in [2.24, 2.45) is 0 Å². The SMILES string of the molecule is CCC(NS(=O)(=O)c1cccs1)P(=O)(O)O. The van der Waals surface area contributed by atoms with Crippen LogP contribution in [0.1, 0.15) is 13.3 Å². The summed E-state index contributed by atoms with van der Waals surface area (Å²) < 4.78 is 36.4. The van der Waals surface area contributed by atoms with Gasteiger partial charge in [-0.25, -0.2) is 8.42 Å². The van der Waals surface area contributed by atoms with Crippen LogP contribution >= 0.6 is 18.9 Å². The van der Waals surface area contributed by atoms with E-state index in [4.69, 9.17) is 9.79 Å². The number of hydrogen-bond donors (Lipinski definition) is 3. The molecule has 0 aliphatic heterocycles. The molecule has 16 heavy (non-hydrogen) atoms. The Morgan fingerprint density at radius 1 is 1.56 bits per heavy atom. The van der Waals surface area contributed by atoms with Gasteiger partial charge in [0.25, 0.3) is 10.0 Å². The molecule has 0 saturated heterocycles. The van der Waals surface area contributed by atoms with Crippen LogP contribution in [-0.4, -0.2) is 24.0 Å². The third kappa shape index (κ3) is 3.38. The minimum Gasteiger partial charge on any atom is -0.323 e. The van der Waals surface area contributed by atoms with Gasteiger partial charge < -0.3 is 9.79 Å². The Balaban J connectivity index is 2.93. The van der Waals surface area contributed by atoms with Gasteiger partial charge in [0.05, 0.1) is 0 Å². The molecular formula is C7H12NO5PS2. The Kier molecular flexibility index (Phi) is 4.28. The Bertz CT molecular complexity index is 477. The molecule has 0 spiro atoms. The summed E-state index contributed by atoms with van der Waals surface area (Å²) >= 11 is 0.990. The van der Waals surface area contributed by atoms with Crippen LogP contribution in [0.2, 0.25) is 0 Å². The van der Waals surface area contributed by atoms with Crippen molar-refractivity contribution in [3.8, 4) is 0 Å². The van der Waals surface area contributed by atoms with Crippen LogP contribution in [0, 0.1) is 0 Å². The van der Waals surface area contributed by atoms with E-state index in [0.717, 1.165) is 11.3 Å². The molecule has 1 unspecified atom stereocenters. The quantitative estimate of drug-likeness (QED) is 0.698. The zero-order valence-corrected chi connectivity index (χ0v) is 10.9. The third-order valence-electron chi connectivity index (χ3n) is 1.84. The molecule has 0 saturated carbocycles. The molecule has 1 atom stereocenters. The van der Waals surface area contributed by atoms with E-state index in [1.807, 2.05) is 4.72 Å². The summed E-state index contributed by atoms with van der Waals surface area (Å²) in [6.45, 7) is 1.50. The van der Waals surface area contributed by atoms with Crippen molar-refractivity contribution >= 4 is 29.0 Å². The fourth-order valence-corrected chi connectivity index (χ4v) is 4.65. The number of thiophene rings is 1. The van der Waals surface area contributed by atoms with E-state index in [2.05, 4.69) is 0 Å². The average molecular weight is 285 g/mol. The van der Waals surface area contributed by atoms with Gasteiger partial charge >= 0.3 is 7.60 Å². The summed E-state index contributed by atoms with van der Waals surface area (Å²) in [4.78, 5) is 17.9. The number of nitrogens with one attached hydrogen (secondary N) is 1.